The molecule has 3 rings (SSSR count). The fraction of sp³-hybridized carbons (Fsp3) is 0.158. The summed E-state index contributed by atoms with van der Waals surface area (Å²) in [6.07, 6.45) is 2.21. The summed E-state index contributed by atoms with van der Waals surface area (Å²) >= 11 is 6.24. The zero-order chi connectivity index (χ0) is 17.1. The molecule has 1 unspecified atom stereocenters. The van der Waals surface area contributed by atoms with Gasteiger partial charge in [0, 0.05) is 23.0 Å². The highest BCUT2D eigenvalue weighted by molar-refractivity contribution is 6.32. The van der Waals surface area contributed by atoms with E-state index in [0.717, 1.165) is 10.9 Å². The maximum Gasteiger partial charge on any atom is 0.255 e. The van der Waals surface area contributed by atoms with Gasteiger partial charge in [0.25, 0.3) is 5.56 Å². The fourth-order valence-corrected chi connectivity index (χ4v) is 2.92. The average Bonchev–Trinajstić information content (AvgIpc) is 2.57. The van der Waals surface area contributed by atoms with Crippen LogP contribution in [0.4, 0.5) is 0 Å². The molecule has 0 fully saturated rings. The van der Waals surface area contributed by atoms with E-state index in [1.807, 2.05) is 30.3 Å². The second kappa shape index (κ2) is 6.99. The van der Waals surface area contributed by atoms with Crippen LogP contribution in [0.2, 0.25) is 5.02 Å². The molecule has 5 heteroatoms. The second-order valence-electron chi connectivity index (χ2n) is 5.78. The Morgan fingerprint density at radius 1 is 1.17 bits per heavy atom. The van der Waals surface area contributed by atoms with Gasteiger partial charge in [-0.15, -0.1) is 0 Å². The summed E-state index contributed by atoms with van der Waals surface area (Å²) in [5.74, 6) is -0.0788. The standard InChI is InChI=1S/C19H17ClN2O2/c20-16-11-15-13(6-7-22-19(15)24)9-14(16)10-18(23)17(21)8-12-4-2-1-3-5-12/h1-7,9,11,17H,8,10,21H2,(H,22,24). The van der Waals surface area contributed by atoms with Gasteiger partial charge in [0.05, 0.1) is 6.04 Å². The number of H-pyrrole nitrogens is 1. The molecule has 4 nitrogen and oxygen atoms in total. The minimum absolute atomic E-state index is 0.0788. The highest BCUT2D eigenvalue weighted by atomic mass is 35.5. The third kappa shape index (κ3) is 3.55. The van der Waals surface area contributed by atoms with Crippen molar-refractivity contribution in [2.24, 2.45) is 5.73 Å². The Hall–Kier alpha value is -2.43. The first kappa shape index (κ1) is 16.4. The highest BCUT2D eigenvalue weighted by Gasteiger charge is 2.17. The monoisotopic (exact) mass is 340 g/mol. The Balaban J connectivity index is 1.80. The van der Waals surface area contributed by atoms with Crippen molar-refractivity contribution >= 4 is 28.2 Å². The van der Waals surface area contributed by atoms with Crippen molar-refractivity contribution in [3.8, 4) is 0 Å². The lowest BCUT2D eigenvalue weighted by Gasteiger charge is -2.12. The molecule has 2 aromatic carbocycles. The number of hydrogen-bond acceptors (Lipinski definition) is 3. The molecule has 3 aromatic rings. The number of nitrogens with one attached hydrogen (secondary N) is 1. The maximum atomic E-state index is 12.4. The first-order valence-electron chi connectivity index (χ1n) is 7.66. The summed E-state index contributed by atoms with van der Waals surface area (Å²) in [5, 5.41) is 1.66. The molecule has 0 saturated heterocycles. The summed E-state index contributed by atoms with van der Waals surface area (Å²) in [7, 11) is 0. The van der Waals surface area contributed by atoms with Crippen LogP contribution in [0.3, 0.4) is 0 Å². The molecule has 24 heavy (non-hydrogen) atoms. The Morgan fingerprint density at radius 2 is 1.92 bits per heavy atom. The van der Waals surface area contributed by atoms with Gasteiger partial charge in [-0.25, -0.2) is 0 Å². The van der Waals surface area contributed by atoms with Crippen molar-refractivity contribution in [3.05, 3.63) is 81.2 Å². The number of pyridine rings is 1. The van der Waals surface area contributed by atoms with Crippen molar-refractivity contribution < 1.29 is 4.79 Å². The molecular formula is C19H17ClN2O2. The third-order valence-corrected chi connectivity index (χ3v) is 4.37. The first-order valence-corrected chi connectivity index (χ1v) is 8.04. The van der Waals surface area contributed by atoms with E-state index in [1.54, 1.807) is 24.4 Å². The molecule has 0 spiro atoms. The second-order valence-corrected chi connectivity index (χ2v) is 6.18. The summed E-state index contributed by atoms with van der Waals surface area (Å²) < 4.78 is 0. The maximum absolute atomic E-state index is 12.4. The molecule has 0 radical (unpaired) electrons. The van der Waals surface area contributed by atoms with E-state index in [4.69, 9.17) is 17.3 Å². The number of hydrogen-bond donors (Lipinski definition) is 2. The SMILES string of the molecule is NC(Cc1ccccc1)C(=O)Cc1cc2cc[nH]c(=O)c2cc1Cl. The minimum atomic E-state index is -0.585. The normalized spacial score (nSPS) is 12.2. The smallest absolute Gasteiger partial charge is 0.255 e. The Bertz CT molecular complexity index is 935. The van der Waals surface area contributed by atoms with Crippen molar-refractivity contribution in [2.75, 3.05) is 0 Å². The Morgan fingerprint density at radius 3 is 2.67 bits per heavy atom. The molecular weight excluding hydrogens is 324 g/mol. The zero-order valence-corrected chi connectivity index (χ0v) is 13.7. The number of carbonyl (C=O) groups is 1. The van der Waals surface area contributed by atoms with E-state index >= 15 is 0 Å². The molecule has 0 amide bonds. The lowest BCUT2D eigenvalue weighted by molar-refractivity contribution is -0.119. The molecule has 0 bridgehead atoms. The van der Waals surface area contributed by atoms with Crippen LogP contribution in [-0.4, -0.2) is 16.8 Å². The zero-order valence-electron chi connectivity index (χ0n) is 13.0. The van der Waals surface area contributed by atoms with Crippen molar-refractivity contribution in [3.63, 3.8) is 0 Å². The fourth-order valence-electron chi connectivity index (χ4n) is 2.69. The van der Waals surface area contributed by atoms with Crippen LogP contribution in [0, 0.1) is 0 Å². The number of carbonyl (C=O) groups excluding carboxylic acids is 1. The van der Waals surface area contributed by atoms with Crippen molar-refractivity contribution in [2.45, 2.75) is 18.9 Å². The largest absolute Gasteiger partial charge is 0.329 e. The molecule has 0 aliphatic rings. The molecule has 3 N–H and O–H groups in total. The number of aromatic amines is 1. The van der Waals surface area contributed by atoms with E-state index in [1.165, 1.54) is 0 Å². The first-order chi connectivity index (χ1) is 11.5. The number of nitrogens with two attached hydrogens (primary N) is 1. The topological polar surface area (TPSA) is 76.0 Å². The lowest BCUT2D eigenvalue weighted by Crippen LogP contribution is -2.34. The quantitative estimate of drug-likeness (QED) is 0.749. The molecule has 0 aliphatic carbocycles. The van der Waals surface area contributed by atoms with Crippen LogP contribution in [0.5, 0.6) is 0 Å². The molecule has 0 saturated carbocycles. The number of benzene rings is 2. The minimum Gasteiger partial charge on any atom is -0.329 e. The van der Waals surface area contributed by atoms with Gasteiger partial charge in [-0.3, -0.25) is 9.59 Å². The number of aromatic nitrogens is 1. The van der Waals surface area contributed by atoms with E-state index < -0.39 is 6.04 Å². The average molecular weight is 341 g/mol. The third-order valence-electron chi connectivity index (χ3n) is 4.02. The van der Waals surface area contributed by atoms with Crippen molar-refractivity contribution in [1.29, 1.82) is 0 Å². The summed E-state index contributed by atoms with van der Waals surface area (Å²) in [4.78, 5) is 26.8. The van der Waals surface area contributed by atoms with Crippen LogP contribution in [0.25, 0.3) is 10.8 Å². The van der Waals surface area contributed by atoms with Crippen LogP contribution in [0.15, 0.2) is 59.5 Å². The van der Waals surface area contributed by atoms with Gasteiger partial charge in [0.15, 0.2) is 5.78 Å². The van der Waals surface area contributed by atoms with Gasteiger partial charge < -0.3 is 10.7 Å². The Labute approximate surface area is 144 Å². The van der Waals surface area contributed by atoms with Crippen LogP contribution in [0.1, 0.15) is 11.1 Å². The van der Waals surface area contributed by atoms with Gasteiger partial charge in [-0.1, -0.05) is 41.9 Å². The molecule has 1 aromatic heterocycles. The number of halogens is 1. The van der Waals surface area contributed by atoms with E-state index in [9.17, 15) is 9.59 Å². The summed E-state index contributed by atoms with van der Waals surface area (Å²) in [6, 6.07) is 14.2. The summed E-state index contributed by atoms with van der Waals surface area (Å²) in [6.45, 7) is 0. The number of ketones is 1. The van der Waals surface area contributed by atoms with Crippen LogP contribution >= 0.6 is 11.6 Å². The van der Waals surface area contributed by atoms with Crippen molar-refractivity contribution in [1.82, 2.24) is 4.98 Å². The molecule has 122 valence electrons. The highest BCUT2D eigenvalue weighted by Crippen LogP contribution is 2.23. The molecule has 0 aliphatic heterocycles. The number of fused-ring (bicyclic) bond motifs is 1. The van der Waals surface area contributed by atoms with E-state index in [-0.39, 0.29) is 17.8 Å². The van der Waals surface area contributed by atoms with Crippen LogP contribution < -0.4 is 11.3 Å². The Kier molecular flexibility index (Phi) is 4.79. The van der Waals surface area contributed by atoms with E-state index in [2.05, 4.69) is 4.98 Å². The van der Waals surface area contributed by atoms with Gasteiger partial charge in [0.1, 0.15) is 0 Å². The predicted octanol–water partition coefficient (Wildman–Crippen LogP) is 2.86. The molecule has 1 atom stereocenters. The van der Waals surface area contributed by atoms with Crippen LogP contribution in [-0.2, 0) is 17.6 Å². The van der Waals surface area contributed by atoms with Gasteiger partial charge in [-0.2, -0.15) is 0 Å². The number of Topliss-reactive ketones (excluding diaryl/α,β-unsaturated/α-hetero) is 1. The molecule has 1 heterocycles. The number of rotatable bonds is 5. The lowest BCUT2D eigenvalue weighted by atomic mass is 9.97. The van der Waals surface area contributed by atoms with Gasteiger partial charge in [-0.05, 0) is 41.1 Å². The van der Waals surface area contributed by atoms with Gasteiger partial charge >= 0.3 is 0 Å². The van der Waals surface area contributed by atoms with E-state index in [0.29, 0.717) is 22.4 Å². The van der Waals surface area contributed by atoms with Gasteiger partial charge in [0.2, 0.25) is 0 Å². The summed E-state index contributed by atoms with van der Waals surface area (Å²) in [5.41, 5.74) is 7.54. The predicted molar refractivity (Wildman–Crippen MR) is 96.4 cm³/mol.